The van der Waals surface area contributed by atoms with E-state index < -0.39 is 18.1 Å². The van der Waals surface area contributed by atoms with Crippen LogP contribution in [0, 0.1) is 13.8 Å². The number of carbonyl (C=O) groups is 2. The minimum Gasteiger partial charge on any atom is -0.480 e. The Labute approximate surface area is 216 Å². The molecule has 2 N–H and O–H groups in total. The summed E-state index contributed by atoms with van der Waals surface area (Å²) in [5.74, 6) is -1.19. The molecule has 4 aromatic rings. The van der Waals surface area contributed by atoms with Crippen molar-refractivity contribution in [2.24, 2.45) is 0 Å². The van der Waals surface area contributed by atoms with Crippen molar-refractivity contribution in [3.05, 3.63) is 119 Å². The molecule has 0 saturated carbocycles. The Hall–Kier alpha value is -4.38. The molecule has 0 fully saturated rings. The molecule has 0 aromatic heterocycles. The van der Waals surface area contributed by atoms with Gasteiger partial charge in [-0.1, -0.05) is 91.0 Å². The Morgan fingerprint density at radius 3 is 2.11 bits per heavy atom. The molecule has 0 radical (unpaired) electrons. The van der Waals surface area contributed by atoms with E-state index in [0.717, 1.165) is 38.9 Å². The fourth-order valence-electron chi connectivity index (χ4n) is 5.02. The van der Waals surface area contributed by atoms with Crippen LogP contribution < -0.4 is 5.32 Å². The highest BCUT2D eigenvalue weighted by Gasteiger charge is 2.29. The van der Waals surface area contributed by atoms with Crippen LogP contribution in [-0.2, 0) is 16.0 Å². The second-order valence-electron chi connectivity index (χ2n) is 9.56. The maximum absolute atomic E-state index is 12.7. The van der Waals surface area contributed by atoms with Gasteiger partial charge in [-0.15, -0.1) is 0 Å². The lowest BCUT2D eigenvalue weighted by Crippen LogP contribution is -2.42. The number of carboxylic acid groups (broad SMARTS) is 1. The summed E-state index contributed by atoms with van der Waals surface area (Å²) in [5.41, 5.74) is 9.80. The molecule has 186 valence electrons. The van der Waals surface area contributed by atoms with Crippen molar-refractivity contribution >= 4 is 12.1 Å². The highest BCUT2D eigenvalue weighted by Crippen LogP contribution is 2.44. The number of benzene rings is 4. The number of aryl methyl sites for hydroxylation is 2. The first-order chi connectivity index (χ1) is 17.9. The zero-order chi connectivity index (χ0) is 25.9. The lowest BCUT2D eigenvalue weighted by molar-refractivity contribution is -0.139. The third-order valence-corrected chi connectivity index (χ3v) is 7.14. The highest BCUT2D eigenvalue weighted by atomic mass is 16.5. The zero-order valence-corrected chi connectivity index (χ0v) is 20.9. The van der Waals surface area contributed by atoms with Crippen LogP contribution in [0.4, 0.5) is 4.79 Å². The standard InChI is InChI=1S/C32H29NO4/c1-20-14-15-24(16-21(20)2)23-9-7-8-22(17-23)18-30(31(34)35)33-32(36)37-19-29-27-12-5-3-10-25(27)26-11-4-6-13-28(26)29/h3-17,29-30H,18-19H2,1-2H3,(H,33,36)(H,34,35). The van der Waals surface area contributed by atoms with E-state index in [9.17, 15) is 14.7 Å². The number of ether oxygens (including phenoxy) is 1. The minimum absolute atomic E-state index is 0.0870. The maximum Gasteiger partial charge on any atom is 0.407 e. The molecule has 1 aliphatic rings. The van der Waals surface area contributed by atoms with Crippen molar-refractivity contribution < 1.29 is 19.4 Å². The van der Waals surface area contributed by atoms with Gasteiger partial charge in [-0.3, -0.25) is 0 Å². The Morgan fingerprint density at radius 1 is 0.811 bits per heavy atom. The number of aliphatic carboxylic acids is 1. The van der Waals surface area contributed by atoms with Gasteiger partial charge in [-0.2, -0.15) is 0 Å². The fourth-order valence-corrected chi connectivity index (χ4v) is 5.02. The molecular weight excluding hydrogens is 462 g/mol. The van der Waals surface area contributed by atoms with Crippen LogP contribution in [0.1, 0.15) is 33.7 Å². The van der Waals surface area contributed by atoms with Gasteiger partial charge in [0, 0.05) is 12.3 Å². The van der Waals surface area contributed by atoms with Crippen LogP contribution >= 0.6 is 0 Å². The van der Waals surface area contributed by atoms with Crippen molar-refractivity contribution in [3.63, 3.8) is 0 Å². The predicted octanol–water partition coefficient (Wildman–Crippen LogP) is 6.50. The van der Waals surface area contributed by atoms with E-state index in [1.807, 2.05) is 60.7 Å². The number of carbonyl (C=O) groups excluding carboxylic acids is 1. The first kappa shape index (κ1) is 24.3. The fraction of sp³-hybridized carbons (Fsp3) is 0.188. The van der Waals surface area contributed by atoms with Crippen molar-refractivity contribution in [2.45, 2.75) is 32.2 Å². The summed E-state index contributed by atoms with van der Waals surface area (Å²) in [6, 6.07) is 29.1. The number of carboxylic acids is 1. The van der Waals surface area contributed by atoms with Gasteiger partial charge in [0.2, 0.25) is 0 Å². The second kappa shape index (κ2) is 10.3. The van der Waals surface area contributed by atoms with Crippen LogP contribution in [0.2, 0.25) is 0 Å². The molecule has 5 nitrogen and oxygen atoms in total. The van der Waals surface area contributed by atoms with Crippen LogP contribution in [-0.4, -0.2) is 29.8 Å². The monoisotopic (exact) mass is 491 g/mol. The summed E-state index contributed by atoms with van der Waals surface area (Å²) in [6.45, 7) is 4.28. The average Bonchev–Trinajstić information content (AvgIpc) is 3.22. The largest absolute Gasteiger partial charge is 0.480 e. The Balaban J connectivity index is 1.26. The average molecular weight is 492 g/mol. The zero-order valence-electron chi connectivity index (χ0n) is 20.9. The van der Waals surface area contributed by atoms with E-state index in [4.69, 9.17) is 4.74 Å². The van der Waals surface area contributed by atoms with E-state index in [2.05, 4.69) is 49.5 Å². The van der Waals surface area contributed by atoms with Crippen LogP contribution in [0.3, 0.4) is 0 Å². The summed E-state index contributed by atoms with van der Waals surface area (Å²) in [5, 5.41) is 12.4. The predicted molar refractivity (Wildman–Crippen MR) is 145 cm³/mol. The quantitative estimate of drug-likeness (QED) is 0.309. The van der Waals surface area contributed by atoms with E-state index in [-0.39, 0.29) is 18.9 Å². The van der Waals surface area contributed by atoms with Gasteiger partial charge in [0.15, 0.2) is 0 Å². The number of alkyl carbamates (subject to hydrolysis) is 1. The SMILES string of the molecule is Cc1ccc(-c2cccc(CC(NC(=O)OCC3c4ccccc4-c4ccccc43)C(=O)O)c2)cc1C. The number of amides is 1. The lowest BCUT2D eigenvalue weighted by Gasteiger charge is -2.18. The molecule has 5 heteroatoms. The van der Waals surface area contributed by atoms with Gasteiger partial charge in [-0.05, 0) is 63.9 Å². The number of hydrogen-bond acceptors (Lipinski definition) is 3. The maximum atomic E-state index is 12.7. The smallest absolute Gasteiger partial charge is 0.407 e. The third-order valence-electron chi connectivity index (χ3n) is 7.14. The van der Waals surface area contributed by atoms with Gasteiger partial charge in [0.1, 0.15) is 12.6 Å². The first-order valence-electron chi connectivity index (χ1n) is 12.4. The molecule has 0 spiro atoms. The topological polar surface area (TPSA) is 75.6 Å². The van der Waals surface area contributed by atoms with Crippen LogP contribution in [0.25, 0.3) is 22.3 Å². The van der Waals surface area contributed by atoms with E-state index >= 15 is 0 Å². The molecule has 1 amide bonds. The molecular formula is C32H29NO4. The number of hydrogen-bond donors (Lipinski definition) is 2. The van der Waals surface area contributed by atoms with Crippen molar-refractivity contribution in [2.75, 3.05) is 6.61 Å². The summed E-state index contributed by atoms with van der Waals surface area (Å²) < 4.78 is 5.56. The lowest BCUT2D eigenvalue weighted by atomic mass is 9.97. The highest BCUT2D eigenvalue weighted by molar-refractivity contribution is 5.81. The van der Waals surface area contributed by atoms with Crippen molar-refractivity contribution in [1.82, 2.24) is 5.32 Å². The molecule has 0 aliphatic heterocycles. The Bertz CT molecular complexity index is 1430. The summed E-state index contributed by atoms with van der Waals surface area (Å²) in [7, 11) is 0. The Kier molecular flexibility index (Phi) is 6.78. The first-order valence-corrected chi connectivity index (χ1v) is 12.4. The summed E-state index contributed by atoms with van der Waals surface area (Å²) in [4.78, 5) is 24.7. The van der Waals surface area contributed by atoms with Crippen LogP contribution in [0.15, 0.2) is 91.0 Å². The van der Waals surface area contributed by atoms with E-state index in [0.29, 0.717) is 0 Å². The van der Waals surface area contributed by atoms with Crippen molar-refractivity contribution in [1.29, 1.82) is 0 Å². The van der Waals surface area contributed by atoms with Gasteiger partial charge < -0.3 is 15.2 Å². The molecule has 4 aromatic carbocycles. The minimum atomic E-state index is -1.11. The normalized spacial score (nSPS) is 12.9. The van der Waals surface area contributed by atoms with Gasteiger partial charge in [-0.25, -0.2) is 9.59 Å². The number of rotatable bonds is 7. The van der Waals surface area contributed by atoms with Crippen molar-refractivity contribution in [3.8, 4) is 22.3 Å². The summed E-state index contributed by atoms with van der Waals surface area (Å²) in [6.07, 6.45) is -0.585. The molecule has 1 aliphatic carbocycles. The van der Waals surface area contributed by atoms with Gasteiger partial charge in [0.05, 0.1) is 0 Å². The third kappa shape index (κ3) is 5.12. The molecule has 5 rings (SSSR count). The second-order valence-corrected chi connectivity index (χ2v) is 9.56. The number of nitrogens with one attached hydrogen (secondary N) is 1. The molecule has 37 heavy (non-hydrogen) atoms. The Morgan fingerprint density at radius 2 is 1.46 bits per heavy atom. The van der Waals surface area contributed by atoms with Crippen LogP contribution in [0.5, 0.6) is 0 Å². The van der Waals surface area contributed by atoms with Gasteiger partial charge >= 0.3 is 12.1 Å². The molecule has 0 saturated heterocycles. The van der Waals surface area contributed by atoms with Gasteiger partial charge in [0.25, 0.3) is 0 Å². The molecule has 0 heterocycles. The number of fused-ring (bicyclic) bond motifs is 3. The van der Waals surface area contributed by atoms with E-state index in [1.54, 1.807) is 0 Å². The summed E-state index contributed by atoms with van der Waals surface area (Å²) >= 11 is 0. The molecule has 1 atom stereocenters. The molecule has 1 unspecified atom stereocenters. The molecule has 0 bridgehead atoms. The van der Waals surface area contributed by atoms with E-state index in [1.165, 1.54) is 11.1 Å².